The molecule has 0 heterocycles. The van der Waals surface area contributed by atoms with Crippen molar-refractivity contribution < 1.29 is 14.6 Å². The minimum Gasteiger partial charge on any atom is -0.489 e. The number of rotatable bonds is 7. The number of nitrogens with zero attached hydrogens (tertiary/aromatic N) is 1. The summed E-state index contributed by atoms with van der Waals surface area (Å²) in [7, 11) is 0. The zero-order chi connectivity index (χ0) is 21.3. The van der Waals surface area contributed by atoms with Crippen molar-refractivity contribution in [3.63, 3.8) is 0 Å². The monoisotopic (exact) mass is 395 g/mol. The van der Waals surface area contributed by atoms with Crippen molar-refractivity contribution in [2.45, 2.75) is 25.9 Å². The van der Waals surface area contributed by atoms with Gasteiger partial charge in [0.15, 0.2) is 0 Å². The summed E-state index contributed by atoms with van der Waals surface area (Å²) in [5.74, 6) is 5.24. The summed E-state index contributed by atoms with van der Waals surface area (Å²) in [4.78, 5) is 11.0. The van der Waals surface area contributed by atoms with Gasteiger partial charge in [-0.1, -0.05) is 60.5 Å². The van der Waals surface area contributed by atoms with E-state index in [9.17, 15) is 10.1 Å². The molecule has 0 aliphatic carbocycles. The minimum atomic E-state index is -0.871. The van der Waals surface area contributed by atoms with Crippen LogP contribution in [-0.2, 0) is 11.4 Å². The van der Waals surface area contributed by atoms with Gasteiger partial charge in [-0.3, -0.25) is 4.79 Å². The van der Waals surface area contributed by atoms with Crippen LogP contribution in [0.2, 0.25) is 0 Å². The molecule has 0 aromatic heterocycles. The largest absolute Gasteiger partial charge is 0.489 e. The molecule has 0 saturated carbocycles. The van der Waals surface area contributed by atoms with Gasteiger partial charge in [-0.05, 0) is 47.4 Å². The molecule has 0 amide bonds. The summed E-state index contributed by atoms with van der Waals surface area (Å²) in [6, 6.07) is 25.1. The number of carboxylic acid groups (broad SMARTS) is 1. The highest BCUT2D eigenvalue weighted by Crippen LogP contribution is 2.25. The molecule has 30 heavy (non-hydrogen) atoms. The topological polar surface area (TPSA) is 70.3 Å². The average molecular weight is 395 g/mol. The molecule has 0 unspecified atom stereocenters. The summed E-state index contributed by atoms with van der Waals surface area (Å²) in [6.07, 6.45) is -0.0255. The maximum atomic E-state index is 11.0. The van der Waals surface area contributed by atoms with E-state index in [1.54, 1.807) is 6.92 Å². The maximum Gasteiger partial charge on any atom is 0.304 e. The van der Waals surface area contributed by atoms with E-state index in [1.165, 1.54) is 0 Å². The van der Waals surface area contributed by atoms with Crippen LogP contribution in [0.4, 0.5) is 0 Å². The van der Waals surface area contributed by atoms with Gasteiger partial charge in [0.25, 0.3) is 0 Å². The molecule has 0 radical (unpaired) electrons. The molecule has 0 saturated heterocycles. The van der Waals surface area contributed by atoms with Crippen molar-refractivity contribution in [3.05, 3.63) is 89.5 Å². The fraction of sp³-hybridized carbons (Fsp3) is 0.154. The second-order valence-electron chi connectivity index (χ2n) is 6.76. The van der Waals surface area contributed by atoms with Gasteiger partial charge in [0.1, 0.15) is 12.4 Å². The van der Waals surface area contributed by atoms with Crippen molar-refractivity contribution in [2.75, 3.05) is 0 Å². The summed E-state index contributed by atoms with van der Waals surface area (Å²) in [5.41, 5.74) is 4.42. The maximum absolute atomic E-state index is 11.0. The molecule has 148 valence electrons. The Hall–Kier alpha value is -4.02. The Morgan fingerprint density at radius 3 is 2.37 bits per heavy atom. The van der Waals surface area contributed by atoms with Crippen molar-refractivity contribution in [3.8, 4) is 34.8 Å². The third-order valence-corrected chi connectivity index (χ3v) is 4.70. The number of carbonyl (C=O) groups is 1. The van der Waals surface area contributed by atoms with Crippen LogP contribution < -0.4 is 4.74 Å². The Labute approximate surface area is 176 Å². The van der Waals surface area contributed by atoms with Gasteiger partial charge in [-0.15, -0.1) is 5.92 Å². The minimum absolute atomic E-state index is 0.0255. The predicted octanol–water partition coefficient (Wildman–Crippen LogP) is 5.39. The lowest BCUT2D eigenvalue weighted by molar-refractivity contribution is -0.137. The van der Waals surface area contributed by atoms with E-state index in [2.05, 4.69) is 17.9 Å². The van der Waals surface area contributed by atoms with E-state index in [0.29, 0.717) is 17.9 Å². The molecule has 3 aromatic carbocycles. The number of nitriles is 1. The van der Waals surface area contributed by atoms with E-state index in [1.807, 2.05) is 72.8 Å². The van der Waals surface area contributed by atoms with Crippen molar-refractivity contribution in [2.24, 2.45) is 0 Å². The number of aliphatic carboxylic acids is 1. The Kier molecular flexibility index (Phi) is 6.87. The first-order valence-corrected chi connectivity index (χ1v) is 9.56. The molecule has 3 aromatic rings. The molecule has 0 aliphatic heterocycles. The van der Waals surface area contributed by atoms with Crippen LogP contribution in [0, 0.1) is 23.2 Å². The van der Waals surface area contributed by atoms with E-state index in [4.69, 9.17) is 9.84 Å². The first-order valence-electron chi connectivity index (χ1n) is 9.56. The second kappa shape index (κ2) is 9.96. The molecule has 1 N–H and O–H groups in total. The van der Waals surface area contributed by atoms with E-state index < -0.39 is 5.97 Å². The number of benzene rings is 3. The molecular formula is C26H21NO3. The van der Waals surface area contributed by atoms with Gasteiger partial charge >= 0.3 is 5.97 Å². The van der Waals surface area contributed by atoms with E-state index in [0.717, 1.165) is 22.3 Å². The fourth-order valence-corrected chi connectivity index (χ4v) is 3.18. The third kappa shape index (κ3) is 5.28. The predicted molar refractivity (Wildman–Crippen MR) is 116 cm³/mol. The number of hydrogen-bond donors (Lipinski definition) is 1. The van der Waals surface area contributed by atoms with Gasteiger partial charge in [-0.2, -0.15) is 5.26 Å². The Morgan fingerprint density at radius 1 is 1.03 bits per heavy atom. The third-order valence-electron chi connectivity index (χ3n) is 4.70. The molecule has 4 nitrogen and oxygen atoms in total. The first kappa shape index (κ1) is 20.7. The van der Waals surface area contributed by atoms with Crippen molar-refractivity contribution in [1.29, 1.82) is 5.26 Å². The van der Waals surface area contributed by atoms with Crippen LogP contribution >= 0.6 is 0 Å². The van der Waals surface area contributed by atoms with Gasteiger partial charge in [0, 0.05) is 0 Å². The van der Waals surface area contributed by atoms with Crippen LogP contribution in [-0.4, -0.2) is 11.1 Å². The van der Waals surface area contributed by atoms with Crippen LogP contribution in [0.1, 0.15) is 36.0 Å². The molecule has 3 rings (SSSR count). The smallest absolute Gasteiger partial charge is 0.304 e. The second-order valence-corrected chi connectivity index (χ2v) is 6.76. The molecule has 0 bridgehead atoms. The fourth-order valence-electron chi connectivity index (χ4n) is 3.18. The average Bonchev–Trinajstić information content (AvgIpc) is 2.78. The molecule has 0 aliphatic rings. The highest BCUT2D eigenvalue weighted by molar-refractivity contribution is 5.70. The van der Waals surface area contributed by atoms with Crippen LogP contribution in [0.25, 0.3) is 11.1 Å². The summed E-state index contributed by atoms with van der Waals surface area (Å²) >= 11 is 0. The molecule has 4 heteroatoms. The highest BCUT2D eigenvalue weighted by atomic mass is 16.5. The number of carboxylic acids is 1. The molecule has 0 fully saturated rings. The summed E-state index contributed by atoms with van der Waals surface area (Å²) in [6.45, 7) is 2.11. The van der Waals surface area contributed by atoms with Gasteiger partial charge < -0.3 is 9.84 Å². The SMILES string of the molecule is CC#C[C@H](CC(=O)O)c1ccc(OCc2ccc(-c3ccccc3C#N)cc2)cc1. The van der Waals surface area contributed by atoms with E-state index >= 15 is 0 Å². The molecule has 0 spiro atoms. The van der Waals surface area contributed by atoms with E-state index in [-0.39, 0.29) is 12.3 Å². The molecule has 1 atom stereocenters. The van der Waals surface area contributed by atoms with Crippen LogP contribution in [0.5, 0.6) is 5.75 Å². The highest BCUT2D eigenvalue weighted by Gasteiger charge is 2.13. The lowest BCUT2D eigenvalue weighted by Gasteiger charge is -2.11. The molecular weight excluding hydrogens is 374 g/mol. The lowest BCUT2D eigenvalue weighted by atomic mass is 9.96. The Bertz CT molecular complexity index is 1110. The van der Waals surface area contributed by atoms with Crippen molar-refractivity contribution in [1.82, 2.24) is 0 Å². The zero-order valence-corrected chi connectivity index (χ0v) is 16.6. The summed E-state index contributed by atoms with van der Waals surface area (Å²) < 4.78 is 5.85. The van der Waals surface area contributed by atoms with Crippen LogP contribution in [0.15, 0.2) is 72.8 Å². The first-order chi connectivity index (χ1) is 14.6. The van der Waals surface area contributed by atoms with Crippen molar-refractivity contribution >= 4 is 5.97 Å². The standard InChI is InChI=1S/C26H21NO3/c1-2-5-22(16-26(28)29)20-12-14-24(15-13-20)30-18-19-8-10-21(11-9-19)25-7-4-3-6-23(25)17-27/h3-4,6-15,22H,16,18H2,1H3,(H,28,29)/t22-/m1/s1. The lowest BCUT2D eigenvalue weighted by Crippen LogP contribution is -2.04. The Morgan fingerprint density at radius 2 is 1.73 bits per heavy atom. The van der Waals surface area contributed by atoms with Gasteiger partial charge in [0.05, 0.1) is 24.0 Å². The zero-order valence-electron chi connectivity index (χ0n) is 16.6. The summed E-state index contributed by atoms with van der Waals surface area (Å²) in [5, 5.41) is 18.3. The van der Waals surface area contributed by atoms with Gasteiger partial charge in [-0.25, -0.2) is 0 Å². The van der Waals surface area contributed by atoms with Crippen LogP contribution in [0.3, 0.4) is 0 Å². The quantitative estimate of drug-likeness (QED) is 0.545. The normalized spacial score (nSPS) is 10.9. The Balaban J connectivity index is 1.65. The van der Waals surface area contributed by atoms with Gasteiger partial charge in [0.2, 0.25) is 0 Å². The number of hydrogen-bond acceptors (Lipinski definition) is 3. The number of ether oxygens (including phenoxy) is 1.